The number of para-hydroxylation sites is 1. The van der Waals surface area contributed by atoms with Gasteiger partial charge in [-0.1, -0.05) is 24.6 Å². The molecule has 0 radical (unpaired) electrons. The first kappa shape index (κ1) is 21.1. The molecule has 2 aromatic rings. The van der Waals surface area contributed by atoms with Gasteiger partial charge in [0.25, 0.3) is 0 Å². The Labute approximate surface area is 179 Å². The van der Waals surface area contributed by atoms with E-state index in [2.05, 4.69) is 21.7 Å². The quantitative estimate of drug-likeness (QED) is 0.705. The number of hydrogen-bond donors (Lipinski definition) is 0. The number of carbonyl (C=O) groups is 1. The van der Waals surface area contributed by atoms with Gasteiger partial charge >= 0.3 is 5.97 Å². The van der Waals surface area contributed by atoms with Gasteiger partial charge in [0, 0.05) is 44.2 Å². The third-order valence-electron chi connectivity index (χ3n) is 6.67. The molecule has 0 unspecified atom stereocenters. The molecule has 2 aliphatic heterocycles. The van der Waals surface area contributed by atoms with E-state index in [1.165, 1.54) is 25.8 Å². The first-order valence-electron chi connectivity index (χ1n) is 11.3. The van der Waals surface area contributed by atoms with Gasteiger partial charge in [0.15, 0.2) is 0 Å². The SMILES string of the molecule is CCOC(=O)c1c(N2CCN(C[C@@H]3CCCCN3C)CC2)nc2ccccc2c1C. The number of ether oxygens (including phenoxy) is 1. The van der Waals surface area contributed by atoms with Crippen LogP contribution in [0.15, 0.2) is 24.3 Å². The van der Waals surface area contributed by atoms with Crippen molar-refractivity contribution in [3.63, 3.8) is 0 Å². The number of hydrogen-bond acceptors (Lipinski definition) is 6. The summed E-state index contributed by atoms with van der Waals surface area (Å²) in [5.74, 6) is 0.508. The van der Waals surface area contributed by atoms with Gasteiger partial charge in [-0.25, -0.2) is 9.78 Å². The number of aryl methyl sites for hydroxylation is 1. The van der Waals surface area contributed by atoms with Crippen LogP contribution in [-0.4, -0.2) is 79.7 Å². The number of benzene rings is 1. The lowest BCUT2D eigenvalue weighted by Crippen LogP contribution is -2.52. The summed E-state index contributed by atoms with van der Waals surface area (Å²) in [5.41, 5.74) is 2.51. The second-order valence-electron chi connectivity index (χ2n) is 8.59. The number of esters is 1. The van der Waals surface area contributed by atoms with Gasteiger partial charge in [-0.05, 0) is 51.9 Å². The van der Waals surface area contributed by atoms with Crippen LogP contribution >= 0.6 is 0 Å². The van der Waals surface area contributed by atoms with Crippen molar-refractivity contribution in [2.24, 2.45) is 0 Å². The second kappa shape index (κ2) is 9.31. The van der Waals surface area contributed by atoms with Crippen LogP contribution in [-0.2, 0) is 4.74 Å². The third kappa shape index (κ3) is 4.30. The Morgan fingerprint density at radius 3 is 2.63 bits per heavy atom. The van der Waals surface area contributed by atoms with Gasteiger partial charge in [-0.15, -0.1) is 0 Å². The highest BCUT2D eigenvalue weighted by atomic mass is 16.5. The Morgan fingerprint density at radius 1 is 1.13 bits per heavy atom. The monoisotopic (exact) mass is 410 g/mol. The molecule has 0 aliphatic carbocycles. The van der Waals surface area contributed by atoms with E-state index in [0.29, 0.717) is 18.2 Å². The van der Waals surface area contributed by atoms with Crippen LogP contribution in [0.1, 0.15) is 42.1 Å². The van der Waals surface area contributed by atoms with Crippen LogP contribution in [0.2, 0.25) is 0 Å². The van der Waals surface area contributed by atoms with E-state index in [4.69, 9.17) is 9.72 Å². The number of carbonyl (C=O) groups excluding carboxylic acids is 1. The fourth-order valence-electron chi connectivity index (χ4n) is 4.85. The predicted molar refractivity (Wildman–Crippen MR) is 121 cm³/mol. The van der Waals surface area contributed by atoms with Crippen molar-refractivity contribution in [2.75, 3.05) is 57.8 Å². The van der Waals surface area contributed by atoms with Crippen LogP contribution in [0.4, 0.5) is 5.82 Å². The highest BCUT2D eigenvalue weighted by Gasteiger charge is 2.28. The minimum atomic E-state index is -0.269. The number of aromatic nitrogens is 1. The van der Waals surface area contributed by atoms with Crippen molar-refractivity contribution < 1.29 is 9.53 Å². The molecule has 1 aromatic heterocycles. The van der Waals surface area contributed by atoms with Crippen LogP contribution in [0.5, 0.6) is 0 Å². The minimum Gasteiger partial charge on any atom is -0.462 e. The van der Waals surface area contributed by atoms with Crippen molar-refractivity contribution >= 4 is 22.7 Å². The molecule has 162 valence electrons. The summed E-state index contributed by atoms with van der Waals surface area (Å²) in [5, 5.41) is 1.02. The zero-order valence-corrected chi connectivity index (χ0v) is 18.6. The molecule has 30 heavy (non-hydrogen) atoms. The molecule has 0 bridgehead atoms. The molecular formula is C24H34N4O2. The topological polar surface area (TPSA) is 48.9 Å². The number of fused-ring (bicyclic) bond motifs is 1. The van der Waals surface area contributed by atoms with Crippen LogP contribution in [0.25, 0.3) is 10.9 Å². The van der Waals surface area contributed by atoms with E-state index in [9.17, 15) is 4.79 Å². The molecule has 1 aromatic carbocycles. The number of pyridine rings is 1. The smallest absolute Gasteiger partial charge is 0.342 e. The van der Waals surface area contributed by atoms with Gasteiger partial charge in [-0.2, -0.15) is 0 Å². The van der Waals surface area contributed by atoms with Crippen LogP contribution in [0.3, 0.4) is 0 Å². The van der Waals surface area contributed by atoms with E-state index >= 15 is 0 Å². The Balaban J connectivity index is 1.54. The minimum absolute atomic E-state index is 0.269. The lowest BCUT2D eigenvalue weighted by Gasteiger charge is -2.40. The Bertz CT molecular complexity index is 892. The summed E-state index contributed by atoms with van der Waals surface area (Å²) in [6, 6.07) is 8.72. The average molecular weight is 411 g/mol. The van der Waals surface area contributed by atoms with E-state index in [-0.39, 0.29) is 5.97 Å². The van der Waals surface area contributed by atoms with E-state index in [1.54, 1.807) is 0 Å². The van der Waals surface area contributed by atoms with Gasteiger partial charge in [-0.3, -0.25) is 4.90 Å². The molecule has 4 rings (SSSR count). The molecule has 6 heteroatoms. The Hall–Kier alpha value is -2.18. The fourth-order valence-corrected chi connectivity index (χ4v) is 4.85. The number of likely N-dealkylation sites (N-methyl/N-ethyl adjacent to an activating group) is 1. The highest BCUT2D eigenvalue weighted by molar-refractivity contribution is 6.02. The normalized spacial score (nSPS) is 21.2. The molecule has 6 nitrogen and oxygen atoms in total. The van der Waals surface area contributed by atoms with E-state index in [1.807, 2.05) is 38.1 Å². The van der Waals surface area contributed by atoms with Crippen LogP contribution in [0, 0.1) is 6.92 Å². The number of rotatable bonds is 5. The van der Waals surface area contributed by atoms with Crippen molar-refractivity contribution in [3.8, 4) is 0 Å². The second-order valence-corrected chi connectivity index (χ2v) is 8.59. The average Bonchev–Trinajstić information content (AvgIpc) is 2.76. The van der Waals surface area contributed by atoms with Crippen molar-refractivity contribution in [2.45, 2.75) is 39.2 Å². The number of piperidine rings is 1. The standard InChI is InChI=1S/C24H34N4O2/c1-4-30-24(29)22-18(2)20-10-5-6-11-21(20)25-23(22)28-15-13-27(14-16-28)17-19-9-7-8-12-26(19)3/h5-6,10-11,19H,4,7-9,12-17H2,1-3H3/t19-/m0/s1. The zero-order valence-electron chi connectivity index (χ0n) is 18.6. The molecule has 2 aliphatic rings. The van der Waals surface area contributed by atoms with Crippen LogP contribution < -0.4 is 4.90 Å². The first-order chi connectivity index (χ1) is 14.6. The number of anilines is 1. The molecule has 2 saturated heterocycles. The Morgan fingerprint density at radius 2 is 1.90 bits per heavy atom. The largest absolute Gasteiger partial charge is 0.462 e. The highest BCUT2D eigenvalue weighted by Crippen LogP contribution is 2.30. The van der Waals surface area contributed by atoms with Crippen molar-refractivity contribution in [1.82, 2.24) is 14.8 Å². The third-order valence-corrected chi connectivity index (χ3v) is 6.67. The summed E-state index contributed by atoms with van der Waals surface area (Å²) in [7, 11) is 2.26. The molecule has 1 atom stereocenters. The maximum atomic E-state index is 12.8. The van der Waals surface area contributed by atoms with Gasteiger partial charge in [0.1, 0.15) is 11.4 Å². The van der Waals surface area contributed by atoms with Gasteiger partial charge in [0.05, 0.1) is 12.1 Å². The summed E-state index contributed by atoms with van der Waals surface area (Å²) >= 11 is 0. The van der Waals surface area contributed by atoms with E-state index in [0.717, 1.165) is 55.0 Å². The Kier molecular flexibility index (Phi) is 6.54. The number of piperazine rings is 1. The molecule has 2 fully saturated rings. The molecular weight excluding hydrogens is 376 g/mol. The van der Waals surface area contributed by atoms with Gasteiger partial charge < -0.3 is 14.5 Å². The molecule has 3 heterocycles. The van der Waals surface area contributed by atoms with Crippen molar-refractivity contribution in [3.05, 3.63) is 35.4 Å². The maximum absolute atomic E-state index is 12.8. The predicted octanol–water partition coefficient (Wildman–Crippen LogP) is 3.33. The lowest BCUT2D eigenvalue weighted by molar-refractivity contribution is 0.0526. The summed E-state index contributed by atoms with van der Waals surface area (Å²) in [4.78, 5) is 25.1. The zero-order chi connectivity index (χ0) is 21.1. The first-order valence-corrected chi connectivity index (χ1v) is 11.3. The number of nitrogens with zero attached hydrogens (tertiary/aromatic N) is 4. The summed E-state index contributed by atoms with van der Waals surface area (Å²) < 4.78 is 5.40. The van der Waals surface area contributed by atoms with E-state index < -0.39 is 0 Å². The molecule has 0 saturated carbocycles. The summed E-state index contributed by atoms with van der Waals surface area (Å²) in [6.07, 6.45) is 3.97. The molecule has 0 amide bonds. The summed E-state index contributed by atoms with van der Waals surface area (Å²) in [6.45, 7) is 10.3. The number of likely N-dealkylation sites (tertiary alicyclic amines) is 1. The maximum Gasteiger partial charge on any atom is 0.342 e. The van der Waals surface area contributed by atoms with Gasteiger partial charge in [0.2, 0.25) is 0 Å². The fraction of sp³-hybridized carbons (Fsp3) is 0.583. The lowest BCUT2D eigenvalue weighted by atomic mass is 10.0. The van der Waals surface area contributed by atoms with Crippen molar-refractivity contribution in [1.29, 1.82) is 0 Å². The molecule has 0 spiro atoms. The molecule has 0 N–H and O–H groups in total.